The minimum absolute atomic E-state index is 0.250. The molecule has 0 aliphatic rings. The van der Waals surface area contributed by atoms with E-state index in [1.54, 1.807) is 0 Å². The Hall–Kier alpha value is -1.02. The van der Waals surface area contributed by atoms with Gasteiger partial charge >= 0.3 is 0 Å². The molecule has 0 saturated heterocycles. The average Bonchev–Trinajstić information content (AvgIpc) is 2.40. The van der Waals surface area contributed by atoms with Crippen LogP contribution in [0.2, 0.25) is 0 Å². The van der Waals surface area contributed by atoms with Gasteiger partial charge in [0.2, 0.25) is 0 Å². The third-order valence-corrected chi connectivity index (χ3v) is 4.95. The molecule has 0 radical (unpaired) electrons. The van der Waals surface area contributed by atoms with Crippen LogP contribution < -0.4 is 0 Å². The van der Waals surface area contributed by atoms with Gasteiger partial charge < -0.3 is 0 Å². The van der Waals surface area contributed by atoms with Gasteiger partial charge in [-0.2, -0.15) is 0 Å². The largest absolute Gasteiger partial charge is 0.110 e. The van der Waals surface area contributed by atoms with Crippen molar-refractivity contribution in [1.29, 1.82) is 0 Å². The molecule has 0 saturated carbocycles. The zero-order chi connectivity index (χ0) is 12.8. The quantitative estimate of drug-likeness (QED) is 0.452. The Bertz CT molecular complexity index is 507. The van der Waals surface area contributed by atoms with Gasteiger partial charge in [-0.3, -0.25) is 0 Å². The third kappa shape index (κ3) is 4.02. The summed E-state index contributed by atoms with van der Waals surface area (Å²) in [6.07, 6.45) is 2.19. The summed E-state index contributed by atoms with van der Waals surface area (Å²) in [5.41, 5.74) is 2.41. The fraction of sp³-hybridized carbons (Fsp3) is 0.0667. The molecule has 0 unspecified atom stereocenters. The molecule has 2 aromatic rings. The molecule has 2 aromatic carbocycles. The molecule has 0 bridgehead atoms. The van der Waals surface area contributed by atoms with Crippen molar-refractivity contribution in [3.05, 3.63) is 71.8 Å². The fourth-order valence-electron chi connectivity index (χ4n) is 1.83. The first kappa shape index (κ1) is 13.4. The lowest BCUT2D eigenvalue weighted by molar-refractivity contribution is 1.63. The van der Waals surface area contributed by atoms with Gasteiger partial charge in [0.05, 0.1) is 14.0 Å². The van der Waals surface area contributed by atoms with Crippen LogP contribution in [0, 0.1) is 0 Å². The van der Waals surface area contributed by atoms with E-state index < -0.39 is 9.52 Å². The van der Waals surface area contributed by atoms with Crippen LogP contribution in [-0.2, 0) is 0 Å². The standard InChI is InChI=1S/C15H14Cl2Si/c16-15(17)18-14(13-9-5-2-6-10-13)11-12-7-3-1-4-8-12/h1-11,15H,18H2. The van der Waals surface area contributed by atoms with Crippen molar-refractivity contribution in [1.82, 2.24) is 0 Å². The SMILES string of the molecule is ClC(Cl)[SiH2]C(=Cc1ccccc1)c1ccccc1. The van der Waals surface area contributed by atoms with Crippen molar-refractivity contribution in [2.75, 3.05) is 0 Å². The van der Waals surface area contributed by atoms with E-state index in [-0.39, 0.29) is 4.46 Å². The predicted molar refractivity (Wildman–Crippen MR) is 84.8 cm³/mol. The molecule has 0 aliphatic carbocycles. The van der Waals surface area contributed by atoms with Gasteiger partial charge in [0.15, 0.2) is 0 Å². The highest BCUT2D eigenvalue weighted by atomic mass is 35.5. The van der Waals surface area contributed by atoms with Crippen molar-refractivity contribution in [3.8, 4) is 0 Å². The van der Waals surface area contributed by atoms with E-state index in [2.05, 4.69) is 30.3 Å². The van der Waals surface area contributed by atoms with E-state index in [4.69, 9.17) is 23.2 Å². The molecule has 0 heterocycles. The molecule has 92 valence electrons. The van der Waals surface area contributed by atoms with Crippen LogP contribution >= 0.6 is 23.2 Å². The molecule has 0 amide bonds. The lowest BCUT2D eigenvalue weighted by Gasteiger charge is -2.08. The lowest BCUT2D eigenvalue weighted by Crippen LogP contribution is -2.05. The maximum absolute atomic E-state index is 5.97. The number of hydrogen-bond donors (Lipinski definition) is 0. The number of rotatable bonds is 4. The van der Waals surface area contributed by atoms with E-state index in [9.17, 15) is 0 Å². The first-order valence-electron chi connectivity index (χ1n) is 5.85. The Labute approximate surface area is 120 Å². The molecule has 3 heteroatoms. The zero-order valence-electron chi connectivity index (χ0n) is 9.89. The van der Waals surface area contributed by atoms with Crippen LogP contribution in [0.1, 0.15) is 11.1 Å². The Morgan fingerprint density at radius 1 is 0.889 bits per heavy atom. The molecule has 0 fully saturated rings. The molecule has 0 atom stereocenters. The van der Waals surface area contributed by atoms with Gasteiger partial charge in [-0.1, -0.05) is 71.9 Å². The van der Waals surface area contributed by atoms with Gasteiger partial charge in [-0.15, -0.1) is 23.2 Å². The molecule has 0 nitrogen and oxygen atoms in total. The molecule has 18 heavy (non-hydrogen) atoms. The van der Waals surface area contributed by atoms with Gasteiger partial charge in [0, 0.05) is 0 Å². The topological polar surface area (TPSA) is 0 Å². The normalized spacial score (nSPS) is 12.5. The smallest absolute Gasteiger partial charge is 0.0957 e. The summed E-state index contributed by atoms with van der Waals surface area (Å²) in [7, 11) is -0.690. The number of halogens is 2. The summed E-state index contributed by atoms with van der Waals surface area (Å²) in [5, 5.41) is 1.29. The van der Waals surface area contributed by atoms with Crippen LogP contribution in [0.15, 0.2) is 60.7 Å². The van der Waals surface area contributed by atoms with E-state index in [1.807, 2.05) is 36.4 Å². The van der Waals surface area contributed by atoms with E-state index in [0.29, 0.717) is 0 Å². The molecular weight excluding hydrogens is 279 g/mol. The number of hydrogen-bond acceptors (Lipinski definition) is 0. The zero-order valence-corrected chi connectivity index (χ0v) is 12.8. The van der Waals surface area contributed by atoms with Crippen molar-refractivity contribution < 1.29 is 0 Å². The van der Waals surface area contributed by atoms with Crippen LogP contribution in [0.5, 0.6) is 0 Å². The second kappa shape index (κ2) is 6.79. The molecule has 0 spiro atoms. The third-order valence-electron chi connectivity index (χ3n) is 2.66. The van der Waals surface area contributed by atoms with Crippen LogP contribution in [0.3, 0.4) is 0 Å². The highest BCUT2D eigenvalue weighted by Gasteiger charge is 2.07. The summed E-state index contributed by atoms with van der Waals surface area (Å²) < 4.78 is -0.250. The Balaban J connectivity index is 2.34. The molecule has 0 N–H and O–H groups in total. The predicted octanol–water partition coefficient (Wildman–Crippen LogP) is 4.11. The van der Waals surface area contributed by atoms with E-state index in [0.717, 1.165) is 0 Å². The highest BCUT2D eigenvalue weighted by molar-refractivity contribution is 6.80. The Morgan fingerprint density at radius 2 is 1.44 bits per heavy atom. The van der Waals surface area contributed by atoms with Crippen LogP contribution in [0.4, 0.5) is 0 Å². The maximum atomic E-state index is 5.97. The van der Waals surface area contributed by atoms with Gasteiger partial charge in [0.1, 0.15) is 0 Å². The first-order valence-corrected chi connectivity index (χ1v) is 8.24. The average molecular weight is 293 g/mol. The lowest BCUT2D eigenvalue weighted by atomic mass is 10.1. The Morgan fingerprint density at radius 3 is 2.00 bits per heavy atom. The van der Waals surface area contributed by atoms with Crippen LogP contribution in [0.25, 0.3) is 11.3 Å². The van der Waals surface area contributed by atoms with Gasteiger partial charge in [-0.25, -0.2) is 0 Å². The van der Waals surface area contributed by atoms with Crippen molar-refractivity contribution in [2.24, 2.45) is 0 Å². The highest BCUT2D eigenvalue weighted by Crippen LogP contribution is 2.20. The second-order valence-corrected chi connectivity index (χ2v) is 8.34. The van der Waals surface area contributed by atoms with Crippen molar-refractivity contribution in [2.45, 2.75) is 4.46 Å². The maximum Gasteiger partial charge on any atom is 0.0957 e. The fourth-order valence-corrected chi connectivity index (χ4v) is 3.98. The van der Waals surface area contributed by atoms with Gasteiger partial charge in [-0.05, 0) is 11.1 Å². The van der Waals surface area contributed by atoms with Gasteiger partial charge in [0.25, 0.3) is 0 Å². The summed E-state index contributed by atoms with van der Waals surface area (Å²) in [5.74, 6) is 0. The molecule has 0 aromatic heterocycles. The summed E-state index contributed by atoms with van der Waals surface area (Å²) in [6, 6.07) is 20.6. The minimum Gasteiger partial charge on any atom is -0.110 e. The van der Waals surface area contributed by atoms with E-state index in [1.165, 1.54) is 16.3 Å². The number of alkyl halides is 2. The first-order chi connectivity index (χ1) is 8.75. The molecule has 2 rings (SSSR count). The monoisotopic (exact) mass is 292 g/mol. The Kier molecular flexibility index (Phi) is 5.06. The molecular formula is C15H14Cl2Si. The van der Waals surface area contributed by atoms with Crippen molar-refractivity contribution in [3.63, 3.8) is 0 Å². The van der Waals surface area contributed by atoms with Crippen LogP contribution in [-0.4, -0.2) is 14.0 Å². The summed E-state index contributed by atoms with van der Waals surface area (Å²) in [6.45, 7) is 0. The molecule has 0 aliphatic heterocycles. The van der Waals surface area contributed by atoms with E-state index >= 15 is 0 Å². The summed E-state index contributed by atoms with van der Waals surface area (Å²) in [4.78, 5) is 0. The summed E-state index contributed by atoms with van der Waals surface area (Å²) >= 11 is 11.9. The second-order valence-electron chi connectivity index (χ2n) is 4.04. The minimum atomic E-state index is -0.690. The number of benzene rings is 2. The van der Waals surface area contributed by atoms with Crippen molar-refractivity contribution >= 4 is 44.0 Å².